The van der Waals surface area contributed by atoms with Crippen LogP contribution in [0.2, 0.25) is 0 Å². The van der Waals surface area contributed by atoms with Crippen LogP contribution in [0, 0.1) is 18.6 Å². The standard InChI is InChI=1S/C28H24F2N2O5/c1-3-36-28(35)32(24-7-5-4-6-23(24)30)26-17(2)31-37-27(26)20-11-8-18(9-12-20)14-21-15-19(16-25(33)34)10-13-22(21)29/h4-13,15H,3,14,16H2,1-2H3,(H,33,34). The number of aryl methyl sites for hydroxylation is 1. The van der Waals surface area contributed by atoms with Gasteiger partial charge in [0.2, 0.25) is 0 Å². The monoisotopic (exact) mass is 506 g/mol. The van der Waals surface area contributed by atoms with E-state index in [1.807, 2.05) is 0 Å². The number of hydrogen-bond donors (Lipinski definition) is 1. The molecule has 9 heteroatoms. The molecule has 1 heterocycles. The van der Waals surface area contributed by atoms with Gasteiger partial charge in [0.1, 0.15) is 23.0 Å². The van der Waals surface area contributed by atoms with Crippen LogP contribution in [-0.2, 0) is 22.4 Å². The number of aliphatic carboxylic acids is 1. The van der Waals surface area contributed by atoms with Crippen molar-refractivity contribution in [2.75, 3.05) is 11.5 Å². The summed E-state index contributed by atoms with van der Waals surface area (Å²) >= 11 is 0. The Labute approximate surface area is 211 Å². The molecule has 0 fully saturated rings. The first-order valence-electron chi connectivity index (χ1n) is 11.5. The lowest BCUT2D eigenvalue weighted by Crippen LogP contribution is -2.28. The molecule has 190 valence electrons. The van der Waals surface area contributed by atoms with Gasteiger partial charge in [-0.15, -0.1) is 0 Å². The van der Waals surface area contributed by atoms with Crippen LogP contribution >= 0.6 is 0 Å². The molecule has 0 saturated heterocycles. The van der Waals surface area contributed by atoms with Crippen LogP contribution in [0.25, 0.3) is 11.3 Å². The highest BCUT2D eigenvalue weighted by Gasteiger charge is 2.30. The van der Waals surface area contributed by atoms with Gasteiger partial charge < -0.3 is 14.4 Å². The Hall–Kier alpha value is -4.53. The van der Waals surface area contributed by atoms with Crippen LogP contribution in [-0.4, -0.2) is 28.9 Å². The number of carboxylic acid groups (broad SMARTS) is 1. The van der Waals surface area contributed by atoms with E-state index in [1.165, 1.54) is 30.3 Å². The summed E-state index contributed by atoms with van der Waals surface area (Å²) in [5.74, 6) is -1.81. The van der Waals surface area contributed by atoms with Crippen LogP contribution < -0.4 is 4.90 Å². The highest BCUT2D eigenvalue weighted by molar-refractivity contribution is 6.00. The van der Waals surface area contributed by atoms with Gasteiger partial charge in [0.05, 0.1) is 18.7 Å². The van der Waals surface area contributed by atoms with Crippen molar-refractivity contribution in [3.05, 3.63) is 101 Å². The second-order valence-electron chi connectivity index (χ2n) is 8.30. The van der Waals surface area contributed by atoms with E-state index in [-0.39, 0.29) is 36.6 Å². The van der Waals surface area contributed by atoms with E-state index >= 15 is 0 Å². The smallest absolute Gasteiger partial charge is 0.419 e. The third kappa shape index (κ3) is 5.66. The number of anilines is 2. The molecule has 0 atom stereocenters. The van der Waals surface area contributed by atoms with E-state index in [9.17, 15) is 18.4 Å². The predicted molar refractivity (Wildman–Crippen MR) is 133 cm³/mol. The average molecular weight is 507 g/mol. The van der Waals surface area contributed by atoms with Gasteiger partial charge in [-0.3, -0.25) is 4.79 Å². The number of nitrogens with zero attached hydrogens (tertiary/aromatic N) is 2. The Bertz CT molecular complexity index is 1430. The lowest BCUT2D eigenvalue weighted by atomic mass is 9.99. The lowest BCUT2D eigenvalue weighted by molar-refractivity contribution is -0.136. The number of benzene rings is 3. The van der Waals surface area contributed by atoms with Crippen LogP contribution in [0.4, 0.5) is 25.0 Å². The summed E-state index contributed by atoms with van der Waals surface area (Å²) in [6.45, 7) is 3.37. The minimum Gasteiger partial charge on any atom is -0.481 e. The minimum absolute atomic E-state index is 0.0122. The molecule has 0 bridgehead atoms. The molecule has 4 aromatic rings. The maximum atomic E-state index is 14.7. The maximum Gasteiger partial charge on any atom is 0.419 e. The van der Waals surface area contributed by atoms with Crippen molar-refractivity contribution in [3.63, 3.8) is 0 Å². The number of aromatic nitrogens is 1. The maximum absolute atomic E-state index is 14.7. The molecule has 3 aromatic carbocycles. The van der Waals surface area contributed by atoms with Crippen molar-refractivity contribution in [3.8, 4) is 11.3 Å². The van der Waals surface area contributed by atoms with Gasteiger partial charge in [0.15, 0.2) is 5.76 Å². The molecule has 37 heavy (non-hydrogen) atoms. The quantitative estimate of drug-likeness (QED) is 0.296. The molecule has 1 N–H and O–H groups in total. The van der Waals surface area contributed by atoms with Gasteiger partial charge in [0, 0.05) is 12.0 Å². The van der Waals surface area contributed by atoms with Crippen molar-refractivity contribution < 1.29 is 32.7 Å². The third-order valence-corrected chi connectivity index (χ3v) is 5.68. The van der Waals surface area contributed by atoms with Crippen molar-refractivity contribution in [1.29, 1.82) is 0 Å². The first kappa shape index (κ1) is 25.6. The van der Waals surface area contributed by atoms with Crippen molar-refractivity contribution in [2.45, 2.75) is 26.7 Å². The van der Waals surface area contributed by atoms with E-state index in [2.05, 4.69) is 5.16 Å². The molecule has 4 rings (SSSR count). The van der Waals surface area contributed by atoms with Gasteiger partial charge in [-0.25, -0.2) is 18.5 Å². The number of rotatable bonds is 8. The molecule has 7 nitrogen and oxygen atoms in total. The molecule has 0 aliphatic carbocycles. The number of carboxylic acids is 1. The highest BCUT2D eigenvalue weighted by Crippen LogP contribution is 2.39. The van der Waals surface area contributed by atoms with Crippen molar-refractivity contribution in [1.82, 2.24) is 5.16 Å². The van der Waals surface area contributed by atoms with Gasteiger partial charge in [-0.2, -0.15) is 0 Å². The number of ether oxygens (including phenoxy) is 1. The van der Waals surface area contributed by atoms with Gasteiger partial charge >= 0.3 is 12.1 Å². The highest BCUT2D eigenvalue weighted by atomic mass is 19.1. The fraction of sp³-hybridized carbons (Fsp3) is 0.179. The Morgan fingerprint density at radius 3 is 2.38 bits per heavy atom. The zero-order chi connectivity index (χ0) is 26.5. The van der Waals surface area contributed by atoms with Crippen LogP contribution in [0.5, 0.6) is 0 Å². The van der Waals surface area contributed by atoms with E-state index in [0.717, 1.165) is 10.5 Å². The van der Waals surface area contributed by atoms with E-state index in [4.69, 9.17) is 14.4 Å². The number of halogens is 2. The fourth-order valence-corrected chi connectivity index (χ4v) is 3.99. The molecular weight excluding hydrogens is 482 g/mol. The topological polar surface area (TPSA) is 92.9 Å². The van der Waals surface area contributed by atoms with Gasteiger partial charge in [0.25, 0.3) is 0 Å². The number of carbonyl (C=O) groups excluding carboxylic acids is 1. The van der Waals surface area contributed by atoms with Crippen molar-refractivity contribution >= 4 is 23.4 Å². The molecule has 0 spiro atoms. The van der Waals surface area contributed by atoms with Crippen LogP contribution in [0.1, 0.15) is 29.3 Å². The molecule has 0 unspecified atom stereocenters. The Kier molecular flexibility index (Phi) is 7.62. The molecule has 0 aliphatic heterocycles. The molecule has 1 amide bonds. The summed E-state index contributed by atoms with van der Waals surface area (Å²) in [4.78, 5) is 25.0. The second-order valence-corrected chi connectivity index (χ2v) is 8.30. The normalized spacial score (nSPS) is 10.8. The zero-order valence-electron chi connectivity index (χ0n) is 20.2. The van der Waals surface area contributed by atoms with E-state index in [0.29, 0.717) is 22.4 Å². The number of carbonyl (C=O) groups is 2. The minimum atomic E-state index is -0.993. The summed E-state index contributed by atoms with van der Waals surface area (Å²) in [5, 5.41) is 13.0. The third-order valence-electron chi connectivity index (χ3n) is 5.68. The molecule has 0 radical (unpaired) electrons. The summed E-state index contributed by atoms with van der Waals surface area (Å²) in [7, 11) is 0. The van der Waals surface area contributed by atoms with Crippen LogP contribution in [0.3, 0.4) is 0 Å². The summed E-state index contributed by atoms with van der Waals surface area (Å²) in [5.41, 5.74) is 2.79. The van der Waals surface area contributed by atoms with E-state index in [1.54, 1.807) is 50.2 Å². The lowest BCUT2D eigenvalue weighted by Gasteiger charge is -2.22. The zero-order valence-corrected chi connectivity index (χ0v) is 20.2. The Morgan fingerprint density at radius 2 is 1.70 bits per heavy atom. The van der Waals surface area contributed by atoms with Crippen molar-refractivity contribution in [2.24, 2.45) is 0 Å². The SMILES string of the molecule is CCOC(=O)N(c1ccccc1F)c1c(C)noc1-c1ccc(Cc2cc(CC(=O)O)ccc2F)cc1. The number of amides is 1. The molecular formula is C28H24F2N2O5. The van der Waals surface area contributed by atoms with Gasteiger partial charge in [-0.1, -0.05) is 53.7 Å². The molecule has 0 saturated carbocycles. The number of hydrogen-bond acceptors (Lipinski definition) is 5. The van der Waals surface area contributed by atoms with Gasteiger partial charge in [-0.05, 0) is 48.7 Å². The Morgan fingerprint density at radius 1 is 1.00 bits per heavy atom. The summed E-state index contributed by atoms with van der Waals surface area (Å²) in [6, 6.07) is 17.0. The molecule has 0 aliphatic rings. The average Bonchev–Trinajstić information content (AvgIpc) is 3.24. The fourth-order valence-electron chi connectivity index (χ4n) is 3.99. The van der Waals surface area contributed by atoms with E-state index < -0.39 is 23.7 Å². The largest absolute Gasteiger partial charge is 0.481 e. The predicted octanol–water partition coefficient (Wildman–Crippen LogP) is 6.44. The molecule has 1 aromatic heterocycles. The first-order valence-corrected chi connectivity index (χ1v) is 11.5. The summed E-state index contributed by atoms with van der Waals surface area (Å²) < 4.78 is 39.8. The summed E-state index contributed by atoms with van der Waals surface area (Å²) in [6.07, 6.45) is -0.737. The second kappa shape index (κ2) is 11.0. The van der Waals surface area contributed by atoms with Crippen LogP contribution in [0.15, 0.2) is 71.3 Å². The Balaban J connectivity index is 1.68. The first-order chi connectivity index (χ1) is 17.8. The number of para-hydroxylation sites is 1.